The van der Waals surface area contributed by atoms with Crippen LogP contribution >= 0.6 is 20.5 Å². The molecule has 22 valence electrons. The molecule has 0 saturated carbocycles. The molecule has 0 aliphatic rings. The third-order valence-corrected chi connectivity index (χ3v) is 0. The van der Waals surface area contributed by atoms with Crippen molar-refractivity contribution in [1.29, 1.82) is 0 Å². The summed E-state index contributed by atoms with van der Waals surface area (Å²) in [5.74, 6) is 0. The van der Waals surface area contributed by atoms with E-state index in [0.717, 1.165) is 0 Å². The molecule has 1 atom stereocenters. The standard InChI is InChI=1S/Ca.H3P.SSe/c;;1-2/h;1H3;. The molecule has 0 spiro atoms. The van der Waals surface area contributed by atoms with E-state index >= 15 is 0 Å². The molecular weight excluding hydrogens is 182 g/mol. The summed E-state index contributed by atoms with van der Waals surface area (Å²) in [4.78, 5) is 0. The maximum absolute atomic E-state index is 3.96. The molecule has 0 aromatic rings. The second-order valence-electron chi connectivity index (χ2n) is 0. The molecule has 4 heteroatoms. The van der Waals surface area contributed by atoms with Gasteiger partial charge in [-0.2, -0.15) is 9.90 Å². The van der Waals surface area contributed by atoms with Crippen LogP contribution in [0.5, 0.6) is 0 Å². The summed E-state index contributed by atoms with van der Waals surface area (Å²) < 4.78 is 0. The summed E-state index contributed by atoms with van der Waals surface area (Å²) in [7, 11) is 3.96. The summed E-state index contributed by atoms with van der Waals surface area (Å²) in [5, 5.41) is 0. The fraction of sp³-hybridized carbons (Fsp3) is 0. The van der Waals surface area contributed by atoms with E-state index in [1.54, 1.807) is 0 Å². The second-order valence-corrected chi connectivity index (χ2v) is 0. The van der Waals surface area contributed by atoms with E-state index in [-0.39, 0.29) is 47.6 Å². The van der Waals surface area contributed by atoms with Crippen molar-refractivity contribution in [2.75, 3.05) is 0 Å². The van der Waals surface area contributed by atoms with Gasteiger partial charge in [-0.25, -0.2) is 0 Å². The molecule has 0 bridgehead atoms. The Balaban J connectivity index is -0.00000000500. The molecule has 1 unspecified atom stereocenters. The van der Waals surface area contributed by atoms with Gasteiger partial charge in [0.15, 0.2) is 0 Å². The monoisotopic (exact) mass is 186 g/mol. The van der Waals surface area contributed by atoms with Crippen LogP contribution in [0.1, 0.15) is 0 Å². The minimum Gasteiger partial charge on any atom is 0 e. The first-order chi connectivity index (χ1) is 1.00. The average molecular weight is 185 g/mol. The Morgan fingerprint density at radius 3 is 1.25 bits per heavy atom. The van der Waals surface area contributed by atoms with E-state index in [2.05, 4.69) is 24.9 Å². The van der Waals surface area contributed by atoms with Gasteiger partial charge < -0.3 is 0 Å². The SMILES string of the molecule is P.S=[Se].[Ca]. The van der Waals surface area contributed by atoms with Crippen molar-refractivity contribution in [1.82, 2.24) is 0 Å². The first-order valence-electron chi connectivity index (χ1n) is 0.167. The maximum atomic E-state index is 3.96. The minimum atomic E-state index is 0. The fourth-order valence-corrected chi connectivity index (χ4v) is 0. The van der Waals surface area contributed by atoms with Crippen molar-refractivity contribution in [2.45, 2.75) is 0 Å². The predicted molar refractivity (Wildman–Crippen MR) is 30.2 cm³/mol. The van der Waals surface area contributed by atoms with Gasteiger partial charge in [-0.15, -0.1) is 0 Å². The van der Waals surface area contributed by atoms with Gasteiger partial charge in [-0.05, 0) is 0 Å². The zero-order valence-corrected chi connectivity index (χ0v) is 8.38. The van der Waals surface area contributed by atoms with Gasteiger partial charge in [0.25, 0.3) is 0 Å². The van der Waals surface area contributed by atoms with Crippen LogP contribution in [0.15, 0.2) is 0 Å². The summed E-state index contributed by atoms with van der Waals surface area (Å²) in [5.41, 5.74) is 0. The van der Waals surface area contributed by atoms with Crippen LogP contribution in [0, 0.1) is 0 Å². The summed E-state index contributed by atoms with van der Waals surface area (Å²) in [6.45, 7) is 0. The summed E-state index contributed by atoms with van der Waals surface area (Å²) >= 11 is 2.21. The Morgan fingerprint density at radius 2 is 1.25 bits per heavy atom. The molecule has 0 nitrogen and oxygen atoms in total. The van der Waals surface area contributed by atoms with Gasteiger partial charge in [0.1, 0.15) is 0 Å². The van der Waals surface area contributed by atoms with Gasteiger partial charge in [0, 0.05) is 37.7 Å². The maximum Gasteiger partial charge on any atom is 0 e. The van der Waals surface area contributed by atoms with Gasteiger partial charge in [0.05, 0.1) is 0 Å². The molecule has 0 amide bonds. The molecule has 0 saturated heterocycles. The van der Waals surface area contributed by atoms with E-state index in [0.29, 0.717) is 0 Å². The van der Waals surface area contributed by atoms with E-state index in [9.17, 15) is 0 Å². The third-order valence-electron chi connectivity index (χ3n) is 0. The fourth-order valence-electron chi connectivity index (χ4n) is 0. The quantitative estimate of drug-likeness (QED) is 0.376. The van der Waals surface area contributed by atoms with Crippen molar-refractivity contribution >= 4 is 72.6 Å². The molecule has 0 aliphatic carbocycles. The molecule has 0 aromatic heterocycles. The van der Waals surface area contributed by atoms with Crippen molar-refractivity contribution in [3.8, 4) is 0 Å². The topological polar surface area (TPSA) is 0 Å². The van der Waals surface area contributed by atoms with Crippen LogP contribution in [0.4, 0.5) is 0 Å². The van der Waals surface area contributed by atoms with Gasteiger partial charge in [-0.3, -0.25) is 0 Å². The van der Waals surface area contributed by atoms with E-state index in [4.69, 9.17) is 0 Å². The van der Waals surface area contributed by atoms with Crippen LogP contribution in [-0.2, 0) is 0 Å². The Kier molecular flexibility index (Phi) is 72.7. The first kappa shape index (κ1) is 16.1. The molecule has 0 fully saturated rings. The van der Waals surface area contributed by atoms with Crippen molar-refractivity contribution in [3.05, 3.63) is 0 Å². The van der Waals surface area contributed by atoms with Crippen LogP contribution in [0.3, 0.4) is 0 Å². The minimum absolute atomic E-state index is 0. The smallest absolute Gasteiger partial charge is 0 e. The Hall–Kier alpha value is 2.43. The number of hydrogen-bond acceptors (Lipinski definition) is 1. The zero-order chi connectivity index (χ0) is 2.00. The molecule has 0 rings (SSSR count). The van der Waals surface area contributed by atoms with Crippen LogP contribution in [-0.4, -0.2) is 52.1 Å². The second kappa shape index (κ2) is 18.0. The largest absolute Gasteiger partial charge is 0 e. The van der Waals surface area contributed by atoms with Crippen LogP contribution in [0.2, 0.25) is 0 Å². The first-order valence-corrected chi connectivity index (χ1v) is 2.60. The Morgan fingerprint density at radius 1 is 1.25 bits per heavy atom. The molecule has 0 aromatic carbocycles. The molecule has 0 aliphatic heterocycles. The third kappa shape index (κ3) is 8.83. The zero-order valence-electron chi connectivity index (χ0n) is 2.23. The van der Waals surface area contributed by atoms with E-state index in [1.807, 2.05) is 0 Å². The molecule has 0 N–H and O–H groups in total. The molecule has 2 radical (unpaired) electrons. The molecule has 4 heavy (non-hydrogen) atoms. The Bertz CT molecular complexity index is 8.00. The number of rotatable bonds is 0. The molecular formula is H3CaPSSe. The van der Waals surface area contributed by atoms with Gasteiger partial charge in [0.2, 0.25) is 0 Å². The normalized spacial score (nSPS) is 1.00. The van der Waals surface area contributed by atoms with E-state index < -0.39 is 0 Å². The van der Waals surface area contributed by atoms with Crippen LogP contribution < -0.4 is 0 Å². The van der Waals surface area contributed by atoms with Crippen molar-refractivity contribution < 1.29 is 0 Å². The predicted octanol–water partition coefficient (Wildman–Crippen LogP) is -0.0553. The van der Waals surface area contributed by atoms with E-state index in [1.165, 1.54) is 0 Å². The summed E-state index contributed by atoms with van der Waals surface area (Å²) in [6, 6.07) is 0. The Labute approximate surface area is 71.4 Å². The average Bonchev–Trinajstić information content (AvgIpc) is 1.00. The van der Waals surface area contributed by atoms with Crippen molar-refractivity contribution in [3.63, 3.8) is 0 Å². The van der Waals surface area contributed by atoms with Crippen molar-refractivity contribution in [2.24, 2.45) is 0 Å². The summed E-state index contributed by atoms with van der Waals surface area (Å²) in [6.07, 6.45) is 0. The van der Waals surface area contributed by atoms with Gasteiger partial charge in [-0.1, -0.05) is 0 Å². The number of hydrogen-bond donors (Lipinski definition) is 0. The van der Waals surface area contributed by atoms with Gasteiger partial charge >= 0.3 is 24.9 Å². The van der Waals surface area contributed by atoms with Crippen LogP contribution in [0.25, 0.3) is 0 Å². The molecule has 0 heterocycles.